The SMILES string of the molecule is Cc1cc(C(=O)NNC(=O)NCC(c2cccs2)N2CCCC2)c(C)o1. The van der Waals surface area contributed by atoms with Crippen LogP contribution >= 0.6 is 11.3 Å². The summed E-state index contributed by atoms with van der Waals surface area (Å²) >= 11 is 1.70. The number of nitrogens with one attached hydrogen (secondary N) is 3. The quantitative estimate of drug-likeness (QED) is 0.701. The van der Waals surface area contributed by atoms with Gasteiger partial charge in [-0.25, -0.2) is 10.2 Å². The Morgan fingerprint density at radius 3 is 2.65 bits per heavy atom. The molecule has 0 aromatic carbocycles. The average Bonchev–Trinajstić information content (AvgIpc) is 3.35. The van der Waals surface area contributed by atoms with E-state index in [1.165, 1.54) is 17.7 Å². The Labute approximate surface area is 156 Å². The van der Waals surface area contributed by atoms with Crippen molar-refractivity contribution in [2.75, 3.05) is 19.6 Å². The molecule has 1 aliphatic rings. The first kappa shape index (κ1) is 18.5. The molecule has 7 nitrogen and oxygen atoms in total. The minimum Gasteiger partial charge on any atom is -0.466 e. The summed E-state index contributed by atoms with van der Waals surface area (Å²) in [5.41, 5.74) is 5.22. The van der Waals surface area contributed by atoms with Crippen LogP contribution in [-0.4, -0.2) is 36.5 Å². The van der Waals surface area contributed by atoms with Gasteiger partial charge in [0.1, 0.15) is 11.5 Å². The molecule has 0 radical (unpaired) electrons. The topological polar surface area (TPSA) is 86.6 Å². The fourth-order valence-corrected chi connectivity index (χ4v) is 4.08. The Kier molecular flexibility index (Phi) is 5.95. The summed E-state index contributed by atoms with van der Waals surface area (Å²) in [6.07, 6.45) is 2.38. The summed E-state index contributed by atoms with van der Waals surface area (Å²) in [5.74, 6) is 0.777. The Morgan fingerprint density at radius 2 is 2.04 bits per heavy atom. The van der Waals surface area contributed by atoms with Gasteiger partial charge in [-0.2, -0.15) is 0 Å². The number of urea groups is 1. The first-order valence-electron chi connectivity index (χ1n) is 8.73. The van der Waals surface area contributed by atoms with Gasteiger partial charge in [-0.15, -0.1) is 11.3 Å². The van der Waals surface area contributed by atoms with Crippen LogP contribution in [0.2, 0.25) is 0 Å². The molecule has 1 fully saturated rings. The molecule has 26 heavy (non-hydrogen) atoms. The fourth-order valence-electron chi connectivity index (χ4n) is 3.21. The number of carbonyl (C=O) groups is 2. The summed E-state index contributed by atoms with van der Waals surface area (Å²) in [5, 5.41) is 4.90. The summed E-state index contributed by atoms with van der Waals surface area (Å²) < 4.78 is 5.33. The van der Waals surface area contributed by atoms with Crippen molar-refractivity contribution >= 4 is 23.3 Å². The van der Waals surface area contributed by atoms with E-state index in [4.69, 9.17) is 4.42 Å². The van der Waals surface area contributed by atoms with Crippen molar-refractivity contribution < 1.29 is 14.0 Å². The molecule has 3 N–H and O–H groups in total. The molecule has 2 aromatic heterocycles. The minimum absolute atomic E-state index is 0.165. The van der Waals surface area contributed by atoms with Crippen LogP contribution in [0.3, 0.4) is 0 Å². The number of hydrogen-bond acceptors (Lipinski definition) is 5. The average molecular weight is 376 g/mol. The number of furan rings is 1. The number of rotatable bonds is 5. The number of aryl methyl sites for hydroxylation is 2. The number of hydrazine groups is 1. The van der Waals surface area contributed by atoms with Crippen LogP contribution in [0.5, 0.6) is 0 Å². The van der Waals surface area contributed by atoms with Crippen molar-refractivity contribution in [3.05, 3.63) is 45.5 Å². The van der Waals surface area contributed by atoms with Gasteiger partial charge in [0.05, 0.1) is 11.6 Å². The molecule has 0 aliphatic carbocycles. The normalized spacial score (nSPS) is 15.6. The Hall–Kier alpha value is -2.32. The van der Waals surface area contributed by atoms with E-state index in [1.807, 2.05) is 11.4 Å². The minimum atomic E-state index is -0.433. The lowest BCUT2D eigenvalue weighted by Crippen LogP contribution is -2.48. The van der Waals surface area contributed by atoms with Crippen molar-refractivity contribution in [3.8, 4) is 0 Å². The maximum atomic E-state index is 12.1. The number of thiophene rings is 1. The molecule has 3 heterocycles. The van der Waals surface area contributed by atoms with E-state index in [-0.39, 0.29) is 6.04 Å². The molecule has 2 aromatic rings. The molecule has 1 atom stereocenters. The van der Waals surface area contributed by atoms with Crippen LogP contribution < -0.4 is 16.2 Å². The van der Waals surface area contributed by atoms with Gasteiger partial charge in [0, 0.05) is 11.4 Å². The fraction of sp³-hybridized carbons (Fsp3) is 0.444. The second-order valence-corrected chi connectivity index (χ2v) is 7.37. The summed E-state index contributed by atoms with van der Waals surface area (Å²) in [6.45, 7) is 6.06. The molecule has 1 unspecified atom stereocenters. The van der Waals surface area contributed by atoms with E-state index < -0.39 is 11.9 Å². The molecular weight excluding hydrogens is 352 g/mol. The zero-order valence-electron chi connectivity index (χ0n) is 15.0. The van der Waals surface area contributed by atoms with Crippen molar-refractivity contribution in [1.29, 1.82) is 0 Å². The highest BCUT2D eigenvalue weighted by Crippen LogP contribution is 2.27. The van der Waals surface area contributed by atoms with Gasteiger partial charge < -0.3 is 9.73 Å². The third-order valence-corrected chi connectivity index (χ3v) is 5.46. The lowest BCUT2D eigenvalue weighted by molar-refractivity contribution is 0.0934. The summed E-state index contributed by atoms with van der Waals surface area (Å²) in [7, 11) is 0. The van der Waals surface area contributed by atoms with Gasteiger partial charge in [-0.3, -0.25) is 15.1 Å². The number of amides is 3. The van der Waals surface area contributed by atoms with Gasteiger partial charge in [0.25, 0.3) is 5.91 Å². The summed E-state index contributed by atoms with van der Waals surface area (Å²) in [6, 6.07) is 5.50. The Morgan fingerprint density at radius 1 is 1.27 bits per heavy atom. The molecule has 3 amide bonds. The number of nitrogens with zero attached hydrogens (tertiary/aromatic N) is 1. The molecule has 0 saturated carbocycles. The van der Waals surface area contributed by atoms with Crippen molar-refractivity contribution in [3.63, 3.8) is 0 Å². The lowest BCUT2D eigenvalue weighted by atomic mass is 10.2. The van der Waals surface area contributed by atoms with Crippen LogP contribution in [-0.2, 0) is 0 Å². The van der Waals surface area contributed by atoms with Gasteiger partial charge >= 0.3 is 6.03 Å². The molecule has 0 bridgehead atoms. The van der Waals surface area contributed by atoms with Gasteiger partial charge in [-0.1, -0.05) is 6.07 Å². The first-order valence-corrected chi connectivity index (χ1v) is 9.61. The van der Waals surface area contributed by atoms with Crippen LogP contribution in [0.25, 0.3) is 0 Å². The van der Waals surface area contributed by atoms with Crippen molar-refractivity contribution in [1.82, 2.24) is 21.1 Å². The Balaban J connectivity index is 1.50. The van der Waals surface area contributed by atoms with Crippen LogP contribution in [0.4, 0.5) is 4.79 Å². The predicted octanol–water partition coefficient (Wildman–Crippen LogP) is 2.74. The van der Waals surface area contributed by atoms with E-state index >= 15 is 0 Å². The van der Waals surface area contributed by atoms with Crippen molar-refractivity contribution in [2.24, 2.45) is 0 Å². The smallest absolute Gasteiger partial charge is 0.333 e. The van der Waals surface area contributed by atoms with Crippen molar-refractivity contribution in [2.45, 2.75) is 32.7 Å². The number of hydrogen-bond donors (Lipinski definition) is 3. The standard InChI is InChI=1S/C18H24N4O3S/c1-12-10-14(13(2)25-12)17(23)20-21-18(24)19-11-15(16-6-5-9-26-16)22-7-3-4-8-22/h5-6,9-10,15H,3-4,7-8,11H2,1-2H3,(H,20,23)(H2,19,21,24). The molecule has 1 saturated heterocycles. The molecule has 140 valence electrons. The summed E-state index contributed by atoms with van der Waals surface area (Å²) in [4.78, 5) is 27.8. The highest BCUT2D eigenvalue weighted by atomic mass is 32.1. The zero-order chi connectivity index (χ0) is 18.5. The maximum absolute atomic E-state index is 12.1. The van der Waals surface area contributed by atoms with E-state index in [1.54, 1.807) is 31.3 Å². The van der Waals surface area contributed by atoms with Crippen LogP contribution in [0.15, 0.2) is 28.0 Å². The third kappa shape index (κ3) is 4.44. The second-order valence-electron chi connectivity index (χ2n) is 6.39. The molecule has 3 rings (SSSR count). The van der Waals surface area contributed by atoms with E-state index in [9.17, 15) is 9.59 Å². The lowest BCUT2D eigenvalue weighted by Gasteiger charge is -2.26. The monoisotopic (exact) mass is 376 g/mol. The van der Waals surface area contributed by atoms with Gasteiger partial charge in [0.2, 0.25) is 0 Å². The highest BCUT2D eigenvalue weighted by molar-refractivity contribution is 7.10. The van der Waals surface area contributed by atoms with Gasteiger partial charge in [-0.05, 0) is 57.3 Å². The Bertz CT molecular complexity index is 751. The zero-order valence-corrected chi connectivity index (χ0v) is 15.8. The molecular formula is C18H24N4O3S. The van der Waals surface area contributed by atoms with Crippen LogP contribution in [0, 0.1) is 13.8 Å². The highest BCUT2D eigenvalue weighted by Gasteiger charge is 2.24. The van der Waals surface area contributed by atoms with Gasteiger partial charge in [0.15, 0.2) is 0 Å². The maximum Gasteiger partial charge on any atom is 0.333 e. The van der Waals surface area contributed by atoms with Crippen LogP contribution in [0.1, 0.15) is 45.6 Å². The predicted molar refractivity (Wildman–Crippen MR) is 100 cm³/mol. The van der Waals surface area contributed by atoms with E-state index in [0.29, 0.717) is 23.6 Å². The number of carbonyl (C=O) groups excluding carboxylic acids is 2. The first-order chi connectivity index (χ1) is 12.5. The van der Waals surface area contributed by atoms with E-state index in [0.717, 1.165) is 13.1 Å². The largest absolute Gasteiger partial charge is 0.466 e. The number of likely N-dealkylation sites (tertiary alicyclic amines) is 1. The van der Waals surface area contributed by atoms with E-state index in [2.05, 4.69) is 27.1 Å². The third-order valence-electron chi connectivity index (χ3n) is 4.48. The molecule has 0 spiro atoms. The molecule has 8 heteroatoms. The molecule has 1 aliphatic heterocycles. The second kappa shape index (κ2) is 8.37.